The van der Waals surface area contributed by atoms with Crippen molar-refractivity contribution in [2.24, 2.45) is 0 Å². The molecule has 1 aromatic heterocycles. The van der Waals surface area contributed by atoms with Crippen LogP contribution in [0, 0.1) is 5.82 Å². The number of carbonyl (C=O) groups excluding carboxylic acids is 1. The summed E-state index contributed by atoms with van der Waals surface area (Å²) in [6, 6.07) is 1.24. The van der Waals surface area contributed by atoms with E-state index in [2.05, 4.69) is 0 Å². The maximum absolute atomic E-state index is 12.1. The normalized spacial score (nSPS) is 9.12. The zero-order valence-corrected chi connectivity index (χ0v) is 4.67. The molecule has 0 saturated carbocycles. The van der Waals surface area contributed by atoms with Gasteiger partial charge in [-0.25, -0.2) is 4.39 Å². The predicted molar refractivity (Wildman–Crippen MR) is 29.1 cm³/mol. The first-order valence-electron chi connectivity index (χ1n) is 1.95. The fourth-order valence-electron chi connectivity index (χ4n) is 0.367. The van der Waals surface area contributed by atoms with Gasteiger partial charge < -0.3 is 0 Å². The van der Waals surface area contributed by atoms with E-state index in [0.717, 1.165) is 11.3 Å². The molecule has 0 saturated heterocycles. The van der Waals surface area contributed by atoms with Crippen LogP contribution in [-0.2, 0) is 4.79 Å². The first kappa shape index (κ1) is 5.44. The van der Waals surface area contributed by atoms with Crippen LogP contribution in [0.3, 0.4) is 0 Å². The Labute approximate surface area is 49.8 Å². The van der Waals surface area contributed by atoms with E-state index in [1.165, 1.54) is 17.7 Å². The third-order valence-electron chi connectivity index (χ3n) is 0.710. The van der Waals surface area contributed by atoms with E-state index in [1.54, 1.807) is 0 Å². The van der Waals surface area contributed by atoms with E-state index < -0.39 is 5.82 Å². The van der Waals surface area contributed by atoms with Gasteiger partial charge in [0.15, 0.2) is 0 Å². The molecular weight excluding hydrogens is 127 g/mol. The summed E-state index contributed by atoms with van der Waals surface area (Å²) < 4.78 is 12.1. The number of hydrogen-bond acceptors (Lipinski definition) is 2. The average molecular weight is 129 g/mol. The Bertz CT molecular complexity index is 194. The molecule has 1 aromatic rings. The summed E-state index contributed by atoms with van der Waals surface area (Å²) in [6.07, 6.45) is 1.47. The minimum Gasteiger partial charge on any atom is -0.284 e. The Hall–Kier alpha value is -0.700. The first-order valence-corrected chi connectivity index (χ1v) is 2.83. The van der Waals surface area contributed by atoms with Crippen molar-refractivity contribution in [2.75, 3.05) is 0 Å². The number of halogens is 1. The smallest absolute Gasteiger partial charge is 0.247 e. The maximum atomic E-state index is 12.1. The lowest BCUT2D eigenvalue weighted by Crippen LogP contribution is -1.74. The minimum absolute atomic E-state index is 0.0463. The second kappa shape index (κ2) is 2.05. The molecule has 41 valence electrons. The second-order valence-electron chi connectivity index (χ2n) is 1.20. The molecule has 1 heterocycles. The highest BCUT2D eigenvalue weighted by Gasteiger charge is 1.99. The molecule has 0 aromatic carbocycles. The lowest BCUT2D eigenvalue weighted by atomic mass is 10.5. The van der Waals surface area contributed by atoms with Crippen LogP contribution < -0.4 is 0 Å². The van der Waals surface area contributed by atoms with Crippen LogP contribution in [0.1, 0.15) is 4.88 Å². The summed E-state index contributed by atoms with van der Waals surface area (Å²) in [6.45, 7) is 0. The minimum atomic E-state index is -0.481. The standard InChI is InChI=1S/C5H2FOS/c6-4-1-2-8-5(4)3-7/h1-2H. The molecular formula is C5H2FOS. The molecule has 0 unspecified atom stereocenters. The maximum Gasteiger partial charge on any atom is 0.247 e. The highest BCUT2D eigenvalue weighted by atomic mass is 32.1. The summed E-state index contributed by atoms with van der Waals surface area (Å²) in [5.41, 5.74) is 0. The molecule has 8 heavy (non-hydrogen) atoms. The van der Waals surface area contributed by atoms with Gasteiger partial charge in [0.1, 0.15) is 10.7 Å². The predicted octanol–water partition coefficient (Wildman–Crippen LogP) is 1.35. The molecule has 1 rings (SSSR count). The van der Waals surface area contributed by atoms with E-state index >= 15 is 0 Å². The molecule has 0 fully saturated rings. The van der Waals surface area contributed by atoms with E-state index in [0.29, 0.717) is 0 Å². The average Bonchev–Trinajstić information content (AvgIpc) is 2.14. The summed E-state index contributed by atoms with van der Waals surface area (Å²) in [5.74, 6) is -0.481. The van der Waals surface area contributed by atoms with Crippen LogP contribution in [0.5, 0.6) is 0 Å². The highest BCUT2D eigenvalue weighted by Crippen LogP contribution is 2.10. The molecule has 3 heteroatoms. The summed E-state index contributed by atoms with van der Waals surface area (Å²) in [4.78, 5) is 9.78. The molecule has 0 aliphatic heterocycles. The molecule has 0 aliphatic rings. The van der Waals surface area contributed by atoms with Gasteiger partial charge in [-0.3, -0.25) is 4.79 Å². The van der Waals surface area contributed by atoms with Gasteiger partial charge in [0.05, 0.1) is 0 Å². The Morgan fingerprint density at radius 2 is 2.50 bits per heavy atom. The molecule has 0 atom stereocenters. The van der Waals surface area contributed by atoms with Crippen molar-refractivity contribution in [1.82, 2.24) is 0 Å². The summed E-state index contributed by atoms with van der Waals surface area (Å²) >= 11 is 1.05. The largest absolute Gasteiger partial charge is 0.284 e. The Morgan fingerprint density at radius 3 is 2.75 bits per heavy atom. The lowest BCUT2D eigenvalue weighted by Gasteiger charge is -1.73. The molecule has 1 nitrogen and oxygen atoms in total. The number of rotatable bonds is 1. The van der Waals surface area contributed by atoms with Crippen molar-refractivity contribution in [3.63, 3.8) is 0 Å². The van der Waals surface area contributed by atoms with Crippen LogP contribution in [0.2, 0.25) is 0 Å². The van der Waals surface area contributed by atoms with Crippen LogP contribution >= 0.6 is 11.3 Å². The van der Waals surface area contributed by atoms with E-state index in [1.807, 2.05) is 0 Å². The van der Waals surface area contributed by atoms with Crippen LogP contribution in [0.25, 0.3) is 0 Å². The number of thiophene rings is 1. The SMILES string of the molecule is O=[C]c1sccc1F. The van der Waals surface area contributed by atoms with Gasteiger partial charge in [-0.15, -0.1) is 11.3 Å². The summed E-state index contributed by atoms with van der Waals surface area (Å²) in [5, 5.41) is 1.51. The van der Waals surface area contributed by atoms with E-state index in [9.17, 15) is 9.18 Å². The van der Waals surface area contributed by atoms with Gasteiger partial charge in [-0.1, -0.05) is 0 Å². The van der Waals surface area contributed by atoms with Crippen molar-refractivity contribution in [1.29, 1.82) is 0 Å². The van der Waals surface area contributed by atoms with Crippen molar-refractivity contribution in [2.45, 2.75) is 0 Å². The zero-order chi connectivity index (χ0) is 5.98. The van der Waals surface area contributed by atoms with Crippen molar-refractivity contribution >= 4 is 17.6 Å². The molecule has 0 aliphatic carbocycles. The van der Waals surface area contributed by atoms with E-state index in [4.69, 9.17) is 0 Å². The molecule has 0 spiro atoms. The van der Waals surface area contributed by atoms with Gasteiger partial charge in [-0.05, 0) is 11.4 Å². The van der Waals surface area contributed by atoms with Crippen LogP contribution in [-0.4, -0.2) is 6.29 Å². The quantitative estimate of drug-likeness (QED) is 0.559. The molecule has 0 N–H and O–H groups in total. The van der Waals surface area contributed by atoms with Gasteiger partial charge in [0, 0.05) is 0 Å². The Balaban J connectivity index is 3.09. The fourth-order valence-corrected chi connectivity index (χ4v) is 0.919. The monoisotopic (exact) mass is 129 g/mol. The summed E-state index contributed by atoms with van der Waals surface area (Å²) in [7, 11) is 0. The molecule has 0 amide bonds. The third kappa shape index (κ3) is 0.767. The van der Waals surface area contributed by atoms with Gasteiger partial charge in [0.25, 0.3) is 0 Å². The van der Waals surface area contributed by atoms with Crippen molar-refractivity contribution in [3.05, 3.63) is 22.1 Å². The van der Waals surface area contributed by atoms with Gasteiger partial charge in [0.2, 0.25) is 6.29 Å². The van der Waals surface area contributed by atoms with Crippen LogP contribution in [0.4, 0.5) is 4.39 Å². The topological polar surface area (TPSA) is 17.1 Å². The second-order valence-corrected chi connectivity index (χ2v) is 2.12. The van der Waals surface area contributed by atoms with E-state index in [-0.39, 0.29) is 4.88 Å². The van der Waals surface area contributed by atoms with Gasteiger partial charge >= 0.3 is 0 Å². The molecule has 1 radical (unpaired) electrons. The molecule has 0 bridgehead atoms. The fraction of sp³-hybridized carbons (Fsp3) is 0. The number of hydrogen-bond donors (Lipinski definition) is 0. The van der Waals surface area contributed by atoms with Crippen LogP contribution in [0.15, 0.2) is 11.4 Å². The first-order chi connectivity index (χ1) is 3.84. The third-order valence-corrected chi connectivity index (χ3v) is 1.50. The highest BCUT2D eigenvalue weighted by molar-refractivity contribution is 7.11. The van der Waals surface area contributed by atoms with Crippen molar-refractivity contribution < 1.29 is 9.18 Å². The zero-order valence-electron chi connectivity index (χ0n) is 3.85. The Kier molecular flexibility index (Phi) is 1.39. The lowest BCUT2D eigenvalue weighted by molar-refractivity contribution is 0.558. The Morgan fingerprint density at radius 1 is 1.75 bits per heavy atom. The van der Waals surface area contributed by atoms with Gasteiger partial charge in [-0.2, -0.15) is 0 Å². The van der Waals surface area contributed by atoms with Crippen molar-refractivity contribution in [3.8, 4) is 0 Å².